The molecule has 0 aliphatic carbocycles. The predicted octanol–water partition coefficient (Wildman–Crippen LogP) is 2.21. The number of benzene rings is 1. The number of aryl methyl sites for hydroxylation is 2. The summed E-state index contributed by atoms with van der Waals surface area (Å²) in [4.78, 5) is 10.8. The van der Waals surface area contributed by atoms with Crippen molar-refractivity contribution < 1.29 is 9.90 Å². The summed E-state index contributed by atoms with van der Waals surface area (Å²) in [6.45, 7) is 5.91. The summed E-state index contributed by atoms with van der Waals surface area (Å²) in [7, 11) is 0. The van der Waals surface area contributed by atoms with Gasteiger partial charge in [-0.2, -0.15) is 0 Å². The zero-order valence-corrected chi connectivity index (χ0v) is 10.0. The van der Waals surface area contributed by atoms with E-state index in [2.05, 4.69) is 0 Å². The molecule has 3 N–H and O–H groups in total. The fraction of sp³-hybridized carbons (Fsp3) is 0.462. The first kappa shape index (κ1) is 12.7. The van der Waals surface area contributed by atoms with E-state index in [0.717, 1.165) is 5.56 Å². The molecular weight excluding hydrogens is 202 g/mol. The SMILES string of the molecule is Cc1ccc(C(CC(=O)O)C(C)N)cc1C. The summed E-state index contributed by atoms with van der Waals surface area (Å²) in [6, 6.07) is 5.87. The zero-order valence-electron chi connectivity index (χ0n) is 10.0. The lowest BCUT2D eigenvalue weighted by Crippen LogP contribution is -2.26. The van der Waals surface area contributed by atoms with Gasteiger partial charge in [0.15, 0.2) is 0 Å². The number of aliphatic carboxylic acids is 1. The highest BCUT2D eigenvalue weighted by atomic mass is 16.4. The van der Waals surface area contributed by atoms with Gasteiger partial charge in [-0.25, -0.2) is 0 Å². The normalized spacial score (nSPS) is 14.5. The number of carboxylic acids is 1. The third-order valence-electron chi connectivity index (χ3n) is 2.99. The van der Waals surface area contributed by atoms with Gasteiger partial charge >= 0.3 is 5.97 Å². The second-order valence-electron chi connectivity index (χ2n) is 4.41. The van der Waals surface area contributed by atoms with Gasteiger partial charge in [0.1, 0.15) is 0 Å². The maximum absolute atomic E-state index is 10.8. The number of hydrogen-bond acceptors (Lipinski definition) is 2. The smallest absolute Gasteiger partial charge is 0.304 e. The van der Waals surface area contributed by atoms with Gasteiger partial charge < -0.3 is 10.8 Å². The van der Waals surface area contributed by atoms with E-state index < -0.39 is 5.97 Å². The van der Waals surface area contributed by atoms with Crippen LogP contribution < -0.4 is 5.73 Å². The van der Waals surface area contributed by atoms with Gasteiger partial charge in [0.05, 0.1) is 6.42 Å². The molecule has 0 saturated carbocycles. The minimum atomic E-state index is -0.805. The molecule has 0 radical (unpaired) electrons. The molecule has 1 aromatic carbocycles. The lowest BCUT2D eigenvalue weighted by atomic mass is 9.88. The van der Waals surface area contributed by atoms with Crippen molar-refractivity contribution in [2.24, 2.45) is 5.73 Å². The maximum Gasteiger partial charge on any atom is 0.304 e. The average molecular weight is 221 g/mol. The Kier molecular flexibility index (Phi) is 4.07. The molecule has 3 nitrogen and oxygen atoms in total. The molecular formula is C13H19NO2. The van der Waals surface area contributed by atoms with Gasteiger partial charge in [0.2, 0.25) is 0 Å². The number of nitrogens with two attached hydrogens (primary N) is 1. The van der Waals surface area contributed by atoms with Crippen LogP contribution in [0.15, 0.2) is 18.2 Å². The first-order valence-corrected chi connectivity index (χ1v) is 5.46. The van der Waals surface area contributed by atoms with Crippen LogP contribution in [0, 0.1) is 13.8 Å². The summed E-state index contributed by atoms with van der Waals surface area (Å²) >= 11 is 0. The van der Waals surface area contributed by atoms with Crippen LogP contribution in [0.1, 0.15) is 36.0 Å². The average Bonchev–Trinajstić information content (AvgIpc) is 2.18. The Morgan fingerprint density at radius 1 is 1.38 bits per heavy atom. The fourth-order valence-electron chi connectivity index (χ4n) is 1.79. The minimum absolute atomic E-state index is 0.0835. The van der Waals surface area contributed by atoms with Crippen molar-refractivity contribution in [2.75, 3.05) is 0 Å². The minimum Gasteiger partial charge on any atom is -0.481 e. The second kappa shape index (κ2) is 5.12. The molecule has 3 heteroatoms. The number of carbonyl (C=O) groups is 1. The fourth-order valence-corrected chi connectivity index (χ4v) is 1.79. The molecule has 1 aromatic rings. The van der Waals surface area contributed by atoms with Crippen molar-refractivity contribution in [3.63, 3.8) is 0 Å². The van der Waals surface area contributed by atoms with Crippen LogP contribution in [0.3, 0.4) is 0 Å². The lowest BCUT2D eigenvalue weighted by Gasteiger charge is -2.20. The number of carboxylic acid groups (broad SMARTS) is 1. The first-order valence-electron chi connectivity index (χ1n) is 5.46. The van der Waals surface area contributed by atoms with Crippen LogP contribution >= 0.6 is 0 Å². The highest BCUT2D eigenvalue weighted by Crippen LogP contribution is 2.24. The molecule has 0 aliphatic heterocycles. The third-order valence-corrected chi connectivity index (χ3v) is 2.99. The van der Waals surface area contributed by atoms with Gasteiger partial charge in [-0.15, -0.1) is 0 Å². The Morgan fingerprint density at radius 2 is 2.00 bits per heavy atom. The third kappa shape index (κ3) is 3.07. The zero-order chi connectivity index (χ0) is 12.3. The monoisotopic (exact) mass is 221 g/mol. The van der Waals surface area contributed by atoms with E-state index in [1.54, 1.807) is 0 Å². The molecule has 0 amide bonds. The molecule has 16 heavy (non-hydrogen) atoms. The van der Waals surface area contributed by atoms with Crippen LogP contribution in [0.25, 0.3) is 0 Å². The molecule has 0 saturated heterocycles. The largest absolute Gasteiger partial charge is 0.481 e. The highest BCUT2D eigenvalue weighted by molar-refractivity contribution is 5.68. The predicted molar refractivity (Wildman–Crippen MR) is 64.6 cm³/mol. The van der Waals surface area contributed by atoms with Gasteiger partial charge in [-0.05, 0) is 37.5 Å². The van der Waals surface area contributed by atoms with E-state index >= 15 is 0 Å². The van der Waals surface area contributed by atoms with Crippen LogP contribution in [0.5, 0.6) is 0 Å². The standard InChI is InChI=1S/C13H19NO2/c1-8-4-5-11(6-9(8)2)12(10(3)14)7-13(15)16/h4-6,10,12H,7,14H2,1-3H3,(H,15,16). The highest BCUT2D eigenvalue weighted by Gasteiger charge is 2.19. The van der Waals surface area contributed by atoms with E-state index in [4.69, 9.17) is 10.8 Å². The van der Waals surface area contributed by atoms with E-state index in [9.17, 15) is 4.79 Å². The van der Waals surface area contributed by atoms with E-state index in [-0.39, 0.29) is 18.4 Å². The quantitative estimate of drug-likeness (QED) is 0.819. The molecule has 0 bridgehead atoms. The molecule has 0 fully saturated rings. The van der Waals surface area contributed by atoms with Crippen molar-refractivity contribution in [3.05, 3.63) is 34.9 Å². The Morgan fingerprint density at radius 3 is 2.44 bits per heavy atom. The van der Waals surface area contributed by atoms with Crippen molar-refractivity contribution in [1.82, 2.24) is 0 Å². The van der Waals surface area contributed by atoms with Crippen molar-refractivity contribution in [3.8, 4) is 0 Å². The molecule has 0 aliphatic rings. The Hall–Kier alpha value is -1.35. The summed E-state index contributed by atoms with van der Waals surface area (Å²) in [5, 5.41) is 8.86. The Labute approximate surface area is 96.3 Å². The van der Waals surface area contributed by atoms with Crippen molar-refractivity contribution in [2.45, 2.75) is 39.2 Å². The Bertz CT molecular complexity index is 386. The van der Waals surface area contributed by atoms with E-state index in [0.29, 0.717) is 0 Å². The van der Waals surface area contributed by atoms with Gasteiger partial charge in [-0.1, -0.05) is 18.2 Å². The molecule has 88 valence electrons. The van der Waals surface area contributed by atoms with E-state index in [1.807, 2.05) is 39.0 Å². The van der Waals surface area contributed by atoms with Crippen molar-refractivity contribution >= 4 is 5.97 Å². The van der Waals surface area contributed by atoms with Gasteiger partial charge in [-0.3, -0.25) is 4.79 Å². The maximum atomic E-state index is 10.8. The molecule has 0 aromatic heterocycles. The van der Waals surface area contributed by atoms with Crippen LogP contribution in [-0.4, -0.2) is 17.1 Å². The van der Waals surface area contributed by atoms with E-state index in [1.165, 1.54) is 11.1 Å². The topological polar surface area (TPSA) is 63.3 Å². The lowest BCUT2D eigenvalue weighted by molar-refractivity contribution is -0.137. The first-order chi connectivity index (χ1) is 7.41. The molecule has 1 rings (SSSR count). The molecule has 2 atom stereocenters. The number of rotatable bonds is 4. The summed E-state index contributed by atoms with van der Waals surface area (Å²) in [6.07, 6.45) is 0.0835. The summed E-state index contributed by atoms with van der Waals surface area (Å²) < 4.78 is 0. The van der Waals surface area contributed by atoms with Crippen LogP contribution in [0.4, 0.5) is 0 Å². The van der Waals surface area contributed by atoms with Crippen LogP contribution in [-0.2, 0) is 4.79 Å². The van der Waals surface area contributed by atoms with Gasteiger partial charge in [0, 0.05) is 12.0 Å². The molecule has 2 unspecified atom stereocenters. The Balaban J connectivity index is 3.01. The van der Waals surface area contributed by atoms with Gasteiger partial charge in [0.25, 0.3) is 0 Å². The molecule has 0 spiro atoms. The summed E-state index contributed by atoms with van der Waals surface area (Å²) in [5.41, 5.74) is 9.24. The molecule has 0 heterocycles. The second-order valence-corrected chi connectivity index (χ2v) is 4.41. The van der Waals surface area contributed by atoms with Crippen LogP contribution in [0.2, 0.25) is 0 Å². The van der Waals surface area contributed by atoms with Crippen molar-refractivity contribution in [1.29, 1.82) is 0 Å². The summed E-state index contributed by atoms with van der Waals surface area (Å²) in [5.74, 6) is -0.919. The number of hydrogen-bond donors (Lipinski definition) is 2.